The number of nitrogens with zero attached hydrogens (tertiary/aromatic N) is 1. The Labute approximate surface area is 139 Å². The molecule has 0 saturated carbocycles. The van der Waals surface area contributed by atoms with Crippen molar-refractivity contribution in [1.82, 2.24) is 4.90 Å². The van der Waals surface area contributed by atoms with E-state index < -0.39 is 28.1 Å². The van der Waals surface area contributed by atoms with Crippen molar-refractivity contribution < 1.29 is 19.0 Å². The fourth-order valence-electron chi connectivity index (χ4n) is 2.13. The minimum atomic E-state index is -2.00. The first-order chi connectivity index (χ1) is 9.52. The van der Waals surface area contributed by atoms with E-state index in [9.17, 15) is 4.79 Å². The van der Waals surface area contributed by atoms with Crippen molar-refractivity contribution in [3.63, 3.8) is 0 Å². The third-order valence-electron chi connectivity index (χ3n) is 3.04. The summed E-state index contributed by atoms with van der Waals surface area (Å²) in [5, 5.41) is 7.64. The van der Waals surface area contributed by atoms with Crippen LogP contribution in [0, 0.1) is 5.41 Å². The van der Waals surface area contributed by atoms with Crippen LogP contribution in [0.3, 0.4) is 0 Å². The minimum Gasteiger partial charge on any atom is -0.454 e. The van der Waals surface area contributed by atoms with Crippen LogP contribution >= 0.6 is 34.8 Å². The molecule has 1 heterocycles. The molecule has 6 nitrogen and oxygen atoms in total. The number of carbonyl (C=O) groups is 1. The average molecular weight is 362 g/mol. The quantitative estimate of drug-likeness (QED) is 0.361. The van der Waals surface area contributed by atoms with Crippen LogP contribution in [0.2, 0.25) is 0 Å². The SMILES string of the molecule is CC(=O)O[C@H]1[C@H](OC(=N)C(Cl)(Cl)Cl)O[C@H](C)C[C@@H]1N(C)C. The Hall–Kier alpha value is -0.270. The van der Waals surface area contributed by atoms with Gasteiger partial charge in [0.15, 0.2) is 6.10 Å². The van der Waals surface area contributed by atoms with E-state index in [0.717, 1.165) is 0 Å². The molecule has 0 aromatic rings. The minimum absolute atomic E-state index is 0.133. The lowest BCUT2D eigenvalue weighted by Crippen LogP contribution is -2.56. The van der Waals surface area contributed by atoms with Gasteiger partial charge in [-0.15, -0.1) is 0 Å². The number of likely N-dealkylation sites (N-methyl/N-ethyl adjacent to an activating group) is 1. The van der Waals surface area contributed by atoms with E-state index in [0.29, 0.717) is 6.42 Å². The van der Waals surface area contributed by atoms with Crippen molar-refractivity contribution >= 4 is 46.7 Å². The molecule has 1 fully saturated rings. The van der Waals surface area contributed by atoms with E-state index >= 15 is 0 Å². The van der Waals surface area contributed by atoms with Gasteiger partial charge in [-0.1, -0.05) is 34.8 Å². The third-order valence-corrected chi connectivity index (χ3v) is 3.56. The van der Waals surface area contributed by atoms with Crippen LogP contribution in [0.1, 0.15) is 20.3 Å². The maximum Gasteiger partial charge on any atom is 0.303 e. The molecule has 0 amide bonds. The Morgan fingerprint density at radius 1 is 1.33 bits per heavy atom. The van der Waals surface area contributed by atoms with Gasteiger partial charge < -0.3 is 19.1 Å². The van der Waals surface area contributed by atoms with Crippen molar-refractivity contribution in [1.29, 1.82) is 5.41 Å². The smallest absolute Gasteiger partial charge is 0.303 e. The van der Waals surface area contributed by atoms with Crippen molar-refractivity contribution in [3.05, 3.63) is 0 Å². The fourth-order valence-corrected chi connectivity index (χ4v) is 2.26. The van der Waals surface area contributed by atoms with Gasteiger partial charge in [0.25, 0.3) is 3.79 Å². The summed E-state index contributed by atoms with van der Waals surface area (Å²) in [5.74, 6) is -1.06. The highest BCUT2D eigenvalue weighted by atomic mass is 35.6. The van der Waals surface area contributed by atoms with Gasteiger partial charge in [-0.3, -0.25) is 10.2 Å². The van der Waals surface area contributed by atoms with Crippen LogP contribution in [0.25, 0.3) is 0 Å². The zero-order valence-electron chi connectivity index (χ0n) is 12.2. The van der Waals surface area contributed by atoms with Crippen LogP contribution in [-0.4, -0.2) is 59.2 Å². The first-order valence-electron chi connectivity index (χ1n) is 6.34. The molecule has 1 saturated heterocycles. The second-order valence-electron chi connectivity index (χ2n) is 5.10. The lowest BCUT2D eigenvalue weighted by atomic mass is 9.99. The number of carbonyl (C=O) groups excluding carboxylic acids is 1. The predicted molar refractivity (Wildman–Crippen MR) is 81.1 cm³/mol. The van der Waals surface area contributed by atoms with Crippen molar-refractivity contribution in [3.8, 4) is 0 Å². The van der Waals surface area contributed by atoms with Gasteiger partial charge in [-0.05, 0) is 27.4 Å². The molecule has 1 aliphatic heterocycles. The number of alkyl halides is 3. The Morgan fingerprint density at radius 2 is 1.90 bits per heavy atom. The topological polar surface area (TPSA) is 71.8 Å². The Kier molecular flexibility index (Phi) is 6.55. The van der Waals surface area contributed by atoms with Crippen LogP contribution in [0.15, 0.2) is 0 Å². The number of hydrogen-bond acceptors (Lipinski definition) is 6. The van der Waals surface area contributed by atoms with E-state index in [1.807, 2.05) is 25.9 Å². The molecule has 1 N–H and O–H groups in total. The molecule has 0 unspecified atom stereocenters. The van der Waals surface area contributed by atoms with Crippen LogP contribution in [0.4, 0.5) is 0 Å². The molecule has 0 aliphatic carbocycles. The molecule has 0 aromatic heterocycles. The summed E-state index contributed by atoms with van der Waals surface area (Å²) < 4.78 is 14.2. The van der Waals surface area contributed by atoms with E-state index in [2.05, 4.69) is 0 Å². The molecular weight excluding hydrogens is 343 g/mol. The Balaban J connectivity index is 2.94. The molecule has 1 rings (SSSR count). The summed E-state index contributed by atoms with van der Waals surface area (Å²) in [6, 6.07) is -0.133. The van der Waals surface area contributed by atoms with E-state index in [1.165, 1.54) is 6.92 Å². The molecule has 21 heavy (non-hydrogen) atoms. The first kappa shape index (κ1) is 18.8. The van der Waals surface area contributed by atoms with Crippen LogP contribution in [0.5, 0.6) is 0 Å². The summed E-state index contributed by atoms with van der Waals surface area (Å²) in [6.45, 7) is 3.15. The van der Waals surface area contributed by atoms with Crippen molar-refractivity contribution in [2.75, 3.05) is 14.1 Å². The average Bonchev–Trinajstić information content (AvgIpc) is 2.29. The predicted octanol–water partition coefficient (Wildman–Crippen LogP) is 2.35. The number of rotatable bonds is 3. The highest BCUT2D eigenvalue weighted by molar-refractivity contribution is 6.76. The standard InChI is InChI=1S/C12H19Cl3N2O4/c1-6-5-8(17(3)4)9(20-7(2)18)10(19-6)21-11(16)12(13,14)15/h6,8-10,16H,5H2,1-4H3/t6-,8+,9-,10+/m1/s1. The van der Waals surface area contributed by atoms with Crippen LogP contribution in [-0.2, 0) is 19.0 Å². The van der Waals surface area contributed by atoms with Gasteiger partial charge in [-0.25, -0.2) is 0 Å². The maximum absolute atomic E-state index is 11.3. The normalized spacial score (nSPS) is 30.1. The highest BCUT2D eigenvalue weighted by Gasteiger charge is 2.44. The molecule has 9 heteroatoms. The number of ether oxygens (including phenoxy) is 3. The lowest BCUT2D eigenvalue weighted by molar-refractivity contribution is -0.234. The zero-order valence-corrected chi connectivity index (χ0v) is 14.5. The first-order valence-corrected chi connectivity index (χ1v) is 7.47. The van der Waals surface area contributed by atoms with Gasteiger partial charge in [0.2, 0.25) is 12.2 Å². The summed E-state index contributed by atoms with van der Waals surface area (Å²) in [4.78, 5) is 13.2. The molecule has 1 aliphatic rings. The van der Waals surface area contributed by atoms with Gasteiger partial charge in [0.1, 0.15) is 0 Å². The van der Waals surface area contributed by atoms with Gasteiger partial charge in [0.05, 0.1) is 12.1 Å². The van der Waals surface area contributed by atoms with Crippen molar-refractivity contribution in [2.24, 2.45) is 0 Å². The van der Waals surface area contributed by atoms with Gasteiger partial charge >= 0.3 is 5.97 Å². The Morgan fingerprint density at radius 3 is 2.33 bits per heavy atom. The maximum atomic E-state index is 11.3. The fraction of sp³-hybridized carbons (Fsp3) is 0.833. The number of halogens is 3. The molecule has 0 spiro atoms. The number of esters is 1. The molecule has 122 valence electrons. The summed E-state index contributed by atoms with van der Waals surface area (Å²) >= 11 is 16.8. The van der Waals surface area contributed by atoms with E-state index in [1.54, 1.807) is 0 Å². The molecule has 0 aromatic carbocycles. The van der Waals surface area contributed by atoms with E-state index in [4.69, 9.17) is 54.4 Å². The van der Waals surface area contributed by atoms with Crippen LogP contribution < -0.4 is 0 Å². The van der Waals surface area contributed by atoms with Gasteiger partial charge in [0, 0.05) is 6.92 Å². The third kappa shape index (κ3) is 5.45. The highest BCUT2D eigenvalue weighted by Crippen LogP contribution is 2.32. The second kappa shape index (κ2) is 7.33. The summed E-state index contributed by atoms with van der Waals surface area (Å²) in [6.07, 6.45) is -1.24. The monoisotopic (exact) mass is 360 g/mol. The number of nitrogens with one attached hydrogen (secondary N) is 1. The number of hydrogen-bond donors (Lipinski definition) is 1. The summed E-state index contributed by atoms with van der Waals surface area (Å²) in [7, 11) is 3.72. The largest absolute Gasteiger partial charge is 0.454 e. The van der Waals surface area contributed by atoms with Gasteiger partial charge in [-0.2, -0.15) is 0 Å². The van der Waals surface area contributed by atoms with E-state index in [-0.39, 0.29) is 12.1 Å². The second-order valence-corrected chi connectivity index (χ2v) is 7.38. The summed E-state index contributed by atoms with van der Waals surface area (Å²) in [5.41, 5.74) is 0. The Bertz CT molecular complexity index is 400. The molecule has 4 atom stereocenters. The molecule has 0 radical (unpaired) electrons. The molecule has 0 bridgehead atoms. The van der Waals surface area contributed by atoms with Crippen molar-refractivity contribution in [2.45, 2.75) is 48.6 Å². The zero-order chi connectivity index (χ0) is 16.4. The molecular formula is C12H19Cl3N2O4. The lowest BCUT2D eigenvalue weighted by Gasteiger charge is -2.42.